The molecular formula is C32H20N2O. The van der Waals surface area contributed by atoms with Crippen molar-refractivity contribution in [2.24, 2.45) is 0 Å². The number of hydrogen-bond donors (Lipinski definition) is 0. The Labute approximate surface area is 202 Å². The summed E-state index contributed by atoms with van der Waals surface area (Å²) in [5.41, 5.74) is 9.67. The van der Waals surface area contributed by atoms with Gasteiger partial charge in [0.2, 0.25) is 0 Å². The van der Waals surface area contributed by atoms with Gasteiger partial charge in [0.25, 0.3) is 0 Å². The summed E-state index contributed by atoms with van der Waals surface area (Å²) in [7, 11) is 0. The Morgan fingerprint density at radius 1 is 0.400 bits per heavy atom. The van der Waals surface area contributed by atoms with Gasteiger partial charge in [-0.25, -0.2) is 9.97 Å². The van der Waals surface area contributed by atoms with Gasteiger partial charge >= 0.3 is 0 Å². The quantitative estimate of drug-likeness (QED) is 0.272. The average molecular weight is 449 g/mol. The van der Waals surface area contributed by atoms with Crippen molar-refractivity contribution in [1.29, 1.82) is 0 Å². The summed E-state index contributed by atoms with van der Waals surface area (Å²) in [6.45, 7) is 0. The largest absolute Gasteiger partial charge is 0.456 e. The van der Waals surface area contributed by atoms with Crippen molar-refractivity contribution in [1.82, 2.24) is 9.97 Å². The fourth-order valence-electron chi connectivity index (χ4n) is 4.73. The third-order valence-corrected chi connectivity index (χ3v) is 6.47. The van der Waals surface area contributed by atoms with Crippen LogP contribution < -0.4 is 0 Å². The zero-order valence-electron chi connectivity index (χ0n) is 18.8. The molecule has 0 saturated carbocycles. The summed E-state index contributed by atoms with van der Waals surface area (Å²) in [5.74, 6) is 0. The van der Waals surface area contributed by atoms with Gasteiger partial charge in [0, 0.05) is 21.9 Å². The van der Waals surface area contributed by atoms with Gasteiger partial charge in [0.1, 0.15) is 11.2 Å². The van der Waals surface area contributed by atoms with Crippen LogP contribution in [-0.2, 0) is 0 Å². The first kappa shape index (κ1) is 19.7. The van der Waals surface area contributed by atoms with E-state index in [4.69, 9.17) is 14.4 Å². The number of aromatic nitrogens is 2. The van der Waals surface area contributed by atoms with Crippen LogP contribution in [0.15, 0.2) is 126 Å². The topological polar surface area (TPSA) is 38.9 Å². The standard InChI is InChI=1S/C32H20N2O/c1-3-9-21(10-4-1)31-32(22-11-5-2-6-12-22)34-28-20-24(15-17-27(28)33-31)23-16-18-30-26(19-23)25-13-7-8-14-29(25)35-30/h1-20H. The van der Waals surface area contributed by atoms with E-state index in [0.29, 0.717) is 0 Å². The minimum Gasteiger partial charge on any atom is -0.456 e. The van der Waals surface area contributed by atoms with Crippen molar-refractivity contribution in [3.63, 3.8) is 0 Å². The van der Waals surface area contributed by atoms with E-state index in [2.05, 4.69) is 66.7 Å². The monoisotopic (exact) mass is 448 g/mol. The summed E-state index contributed by atoms with van der Waals surface area (Å²) in [5, 5.41) is 2.25. The lowest BCUT2D eigenvalue weighted by atomic mass is 10.0. The molecule has 3 nitrogen and oxygen atoms in total. The summed E-state index contributed by atoms with van der Waals surface area (Å²) in [4.78, 5) is 10.2. The van der Waals surface area contributed by atoms with E-state index in [9.17, 15) is 0 Å². The molecule has 164 valence electrons. The number of furan rings is 1. The fraction of sp³-hybridized carbons (Fsp3) is 0. The lowest BCUT2D eigenvalue weighted by Crippen LogP contribution is -1.95. The minimum atomic E-state index is 0.873. The van der Waals surface area contributed by atoms with E-state index in [-0.39, 0.29) is 0 Å². The van der Waals surface area contributed by atoms with E-state index in [0.717, 1.165) is 66.6 Å². The molecule has 3 heteroatoms. The van der Waals surface area contributed by atoms with Crippen LogP contribution in [0, 0.1) is 0 Å². The molecule has 5 aromatic carbocycles. The van der Waals surface area contributed by atoms with E-state index >= 15 is 0 Å². The second-order valence-corrected chi connectivity index (χ2v) is 8.67. The van der Waals surface area contributed by atoms with Crippen molar-refractivity contribution < 1.29 is 4.42 Å². The Morgan fingerprint density at radius 2 is 0.971 bits per heavy atom. The van der Waals surface area contributed by atoms with E-state index in [1.54, 1.807) is 0 Å². The number of para-hydroxylation sites is 1. The third-order valence-electron chi connectivity index (χ3n) is 6.47. The number of fused-ring (bicyclic) bond motifs is 4. The first-order chi connectivity index (χ1) is 17.3. The molecule has 0 radical (unpaired) electrons. The molecule has 0 bridgehead atoms. The van der Waals surface area contributed by atoms with Crippen LogP contribution in [-0.4, -0.2) is 9.97 Å². The smallest absolute Gasteiger partial charge is 0.135 e. The fourth-order valence-corrected chi connectivity index (χ4v) is 4.73. The molecule has 2 heterocycles. The van der Waals surface area contributed by atoms with Crippen molar-refractivity contribution in [2.75, 3.05) is 0 Å². The predicted molar refractivity (Wildman–Crippen MR) is 143 cm³/mol. The van der Waals surface area contributed by atoms with E-state index in [1.165, 1.54) is 0 Å². The number of rotatable bonds is 3. The molecule has 0 atom stereocenters. The van der Waals surface area contributed by atoms with Gasteiger partial charge in [-0.2, -0.15) is 0 Å². The SMILES string of the molecule is c1ccc(-c2nc3ccc(-c4ccc5oc6ccccc6c5c4)cc3nc2-c2ccccc2)cc1. The minimum absolute atomic E-state index is 0.873. The van der Waals surface area contributed by atoms with Gasteiger partial charge in [0.05, 0.1) is 22.4 Å². The second kappa shape index (κ2) is 7.93. The molecular weight excluding hydrogens is 428 g/mol. The number of nitrogens with zero attached hydrogens (tertiary/aromatic N) is 2. The molecule has 0 aliphatic carbocycles. The van der Waals surface area contributed by atoms with Gasteiger partial charge < -0.3 is 4.42 Å². The summed E-state index contributed by atoms with van der Waals surface area (Å²) < 4.78 is 6.01. The van der Waals surface area contributed by atoms with Gasteiger partial charge in [0.15, 0.2) is 0 Å². The Balaban J connectivity index is 1.42. The Kier molecular flexibility index (Phi) is 4.46. The molecule has 0 aliphatic rings. The van der Waals surface area contributed by atoms with Crippen LogP contribution in [0.25, 0.3) is 66.6 Å². The van der Waals surface area contributed by atoms with Crippen molar-refractivity contribution in [3.8, 4) is 33.6 Å². The Hall–Kier alpha value is -4.76. The van der Waals surface area contributed by atoms with Crippen molar-refractivity contribution in [2.45, 2.75) is 0 Å². The normalized spacial score (nSPS) is 11.4. The van der Waals surface area contributed by atoms with Gasteiger partial charge in [-0.15, -0.1) is 0 Å². The molecule has 0 saturated heterocycles. The summed E-state index contributed by atoms with van der Waals surface area (Å²) in [6, 6.07) is 41.4. The Bertz CT molecular complexity index is 1840. The van der Waals surface area contributed by atoms with Gasteiger partial charge in [-0.05, 0) is 41.5 Å². The zero-order chi connectivity index (χ0) is 23.2. The first-order valence-corrected chi connectivity index (χ1v) is 11.7. The molecule has 0 amide bonds. The maximum absolute atomic E-state index is 6.01. The van der Waals surface area contributed by atoms with Crippen LogP contribution in [0.3, 0.4) is 0 Å². The van der Waals surface area contributed by atoms with Crippen LogP contribution in [0.5, 0.6) is 0 Å². The van der Waals surface area contributed by atoms with E-state index < -0.39 is 0 Å². The number of hydrogen-bond acceptors (Lipinski definition) is 3. The summed E-state index contributed by atoms with van der Waals surface area (Å²) in [6.07, 6.45) is 0. The summed E-state index contributed by atoms with van der Waals surface area (Å²) >= 11 is 0. The lowest BCUT2D eigenvalue weighted by molar-refractivity contribution is 0.669. The molecule has 0 fully saturated rings. The highest BCUT2D eigenvalue weighted by Gasteiger charge is 2.14. The highest BCUT2D eigenvalue weighted by Crippen LogP contribution is 2.35. The maximum atomic E-state index is 6.01. The molecule has 0 spiro atoms. The Morgan fingerprint density at radius 3 is 1.71 bits per heavy atom. The molecule has 2 aromatic heterocycles. The van der Waals surface area contributed by atoms with Crippen LogP contribution in [0.4, 0.5) is 0 Å². The molecule has 7 aromatic rings. The highest BCUT2D eigenvalue weighted by molar-refractivity contribution is 6.06. The predicted octanol–water partition coefficient (Wildman–Crippen LogP) is 8.53. The van der Waals surface area contributed by atoms with Crippen molar-refractivity contribution in [3.05, 3.63) is 121 Å². The maximum Gasteiger partial charge on any atom is 0.135 e. The van der Waals surface area contributed by atoms with Gasteiger partial charge in [-0.3, -0.25) is 0 Å². The van der Waals surface area contributed by atoms with Gasteiger partial charge in [-0.1, -0.05) is 91.0 Å². The number of benzene rings is 5. The molecule has 0 aliphatic heterocycles. The second-order valence-electron chi connectivity index (χ2n) is 8.67. The molecule has 35 heavy (non-hydrogen) atoms. The zero-order valence-corrected chi connectivity index (χ0v) is 18.8. The van der Waals surface area contributed by atoms with Crippen molar-refractivity contribution >= 4 is 33.0 Å². The highest BCUT2D eigenvalue weighted by atomic mass is 16.3. The molecule has 0 unspecified atom stereocenters. The van der Waals surface area contributed by atoms with E-state index in [1.807, 2.05) is 54.6 Å². The lowest BCUT2D eigenvalue weighted by Gasteiger charge is -2.11. The average Bonchev–Trinajstić information content (AvgIpc) is 3.31. The van der Waals surface area contributed by atoms with Crippen LogP contribution >= 0.6 is 0 Å². The molecule has 0 N–H and O–H groups in total. The van der Waals surface area contributed by atoms with Crippen LogP contribution in [0.1, 0.15) is 0 Å². The van der Waals surface area contributed by atoms with Crippen LogP contribution in [0.2, 0.25) is 0 Å². The first-order valence-electron chi connectivity index (χ1n) is 11.7. The molecule has 7 rings (SSSR count). The third kappa shape index (κ3) is 3.37.